The van der Waals surface area contributed by atoms with Crippen LogP contribution < -0.4 is 10.6 Å². The lowest BCUT2D eigenvalue weighted by Gasteiger charge is -2.17. The van der Waals surface area contributed by atoms with E-state index >= 15 is 0 Å². The van der Waals surface area contributed by atoms with Gasteiger partial charge in [0.15, 0.2) is 5.82 Å². The normalized spacial score (nSPS) is 13.9. The molecule has 2 aromatic rings. The van der Waals surface area contributed by atoms with Gasteiger partial charge in [0.1, 0.15) is 5.82 Å². The fraction of sp³-hybridized carbons (Fsp3) is 0.500. The van der Waals surface area contributed by atoms with E-state index in [1.54, 1.807) is 4.90 Å². The van der Waals surface area contributed by atoms with E-state index in [-0.39, 0.29) is 11.8 Å². The van der Waals surface area contributed by atoms with Gasteiger partial charge in [0.05, 0.1) is 12.1 Å². The lowest BCUT2D eigenvalue weighted by molar-refractivity contribution is -0.131. The second-order valence-corrected chi connectivity index (χ2v) is 6.36. The Kier molecular flexibility index (Phi) is 5.25. The molecule has 6 nitrogen and oxygen atoms in total. The van der Waals surface area contributed by atoms with Crippen molar-refractivity contribution >= 4 is 22.6 Å². The van der Waals surface area contributed by atoms with Gasteiger partial charge in [-0.3, -0.25) is 4.79 Å². The summed E-state index contributed by atoms with van der Waals surface area (Å²) in [4.78, 5) is 23.2. The smallest absolute Gasteiger partial charge is 0.225 e. The highest BCUT2D eigenvalue weighted by molar-refractivity contribution is 5.89. The first-order valence-electron chi connectivity index (χ1n) is 8.58. The Morgan fingerprint density at radius 1 is 1.25 bits per heavy atom. The fourth-order valence-corrected chi connectivity index (χ4v) is 2.73. The van der Waals surface area contributed by atoms with Crippen molar-refractivity contribution in [2.75, 3.05) is 32.5 Å². The standard InChI is InChI=1S/C18H25N5O/c1-19-10-5-11-20-17-14-6-3-4-7-15(14)21-16(22-17)12-23(2)18(24)13-8-9-13/h3-4,6-7,13,19H,5,8-12H2,1-2H3,(H,20,21,22). The number of rotatable bonds is 8. The molecule has 1 aliphatic rings. The van der Waals surface area contributed by atoms with E-state index in [1.165, 1.54) is 0 Å². The van der Waals surface area contributed by atoms with Crippen molar-refractivity contribution in [1.82, 2.24) is 20.2 Å². The molecule has 0 unspecified atom stereocenters. The van der Waals surface area contributed by atoms with Crippen molar-refractivity contribution in [2.24, 2.45) is 5.92 Å². The van der Waals surface area contributed by atoms with Gasteiger partial charge in [0, 0.05) is 24.9 Å². The molecule has 0 bridgehead atoms. The fourth-order valence-electron chi connectivity index (χ4n) is 2.73. The van der Waals surface area contributed by atoms with E-state index in [0.717, 1.165) is 49.1 Å². The van der Waals surface area contributed by atoms with E-state index < -0.39 is 0 Å². The molecule has 3 rings (SSSR count). The van der Waals surface area contributed by atoms with Crippen LogP contribution in [0, 0.1) is 5.92 Å². The number of aromatic nitrogens is 2. The zero-order valence-corrected chi connectivity index (χ0v) is 14.4. The third-order valence-electron chi connectivity index (χ3n) is 4.23. The molecule has 0 aliphatic heterocycles. The summed E-state index contributed by atoms with van der Waals surface area (Å²) in [6.07, 6.45) is 3.05. The number of hydrogen-bond acceptors (Lipinski definition) is 5. The molecule has 0 spiro atoms. The lowest BCUT2D eigenvalue weighted by atomic mass is 10.2. The summed E-state index contributed by atoms with van der Waals surface area (Å²) >= 11 is 0. The van der Waals surface area contributed by atoms with Crippen molar-refractivity contribution in [3.63, 3.8) is 0 Å². The number of amides is 1. The molecule has 1 aromatic heterocycles. The van der Waals surface area contributed by atoms with Crippen molar-refractivity contribution in [3.8, 4) is 0 Å². The number of para-hydroxylation sites is 1. The van der Waals surface area contributed by atoms with Crippen molar-refractivity contribution in [1.29, 1.82) is 0 Å². The van der Waals surface area contributed by atoms with E-state index in [2.05, 4.69) is 20.6 Å². The van der Waals surface area contributed by atoms with Gasteiger partial charge < -0.3 is 15.5 Å². The average molecular weight is 327 g/mol. The average Bonchev–Trinajstić information content (AvgIpc) is 3.43. The van der Waals surface area contributed by atoms with Crippen LogP contribution in [-0.2, 0) is 11.3 Å². The molecule has 0 saturated heterocycles. The number of carbonyl (C=O) groups excluding carboxylic acids is 1. The Labute approximate surface area is 142 Å². The Hall–Kier alpha value is -2.21. The molecule has 0 atom stereocenters. The number of fused-ring (bicyclic) bond motifs is 1. The second-order valence-electron chi connectivity index (χ2n) is 6.36. The number of anilines is 1. The maximum atomic E-state index is 12.1. The monoisotopic (exact) mass is 327 g/mol. The summed E-state index contributed by atoms with van der Waals surface area (Å²) in [7, 11) is 3.78. The van der Waals surface area contributed by atoms with E-state index in [9.17, 15) is 4.79 Å². The Balaban J connectivity index is 1.78. The topological polar surface area (TPSA) is 70.2 Å². The zero-order valence-electron chi connectivity index (χ0n) is 14.4. The molecule has 0 radical (unpaired) electrons. The minimum atomic E-state index is 0.204. The largest absolute Gasteiger partial charge is 0.369 e. The Bertz CT molecular complexity index is 714. The van der Waals surface area contributed by atoms with Gasteiger partial charge in [0.2, 0.25) is 5.91 Å². The highest BCUT2D eigenvalue weighted by atomic mass is 16.2. The molecular formula is C18H25N5O. The van der Waals surface area contributed by atoms with Crippen LogP contribution in [0.25, 0.3) is 10.9 Å². The van der Waals surface area contributed by atoms with Gasteiger partial charge in [-0.2, -0.15) is 0 Å². The molecule has 1 heterocycles. The Morgan fingerprint density at radius 3 is 2.79 bits per heavy atom. The number of benzene rings is 1. The molecule has 1 aliphatic carbocycles. The van der Waals surface area contributed by atoms with Crippen LogP contribution in [0.3, 0.4) is 0 Å². The van der Waals surface area contributed by atoms with Gasteiger partial charge in [-0.15, -0.1) is 0 Å². The van der Waals surface area contributed by atoms with E-state index in [4.69, 9.17) is 0 Å². The van der Waals surface area contributed by atoms with Crippen molar-refractivity contribution in [3.05, 3.63) is 30.1 Å². The van der Waals surface area contributed by atoms with Crippen LogP contribution in [0.2, 0.25) is 0 Å². The molecule has 128 valence electrons. The number of nitrogens with one attached hydrogen (secondary N) is 2. The van der Waals surface area contributed by atoms with Crippen LogP contribution in [0.1, 0.15) is 25.1 Å². The summed E-state index contributed by atoms with van der Waals surface area (Å²) < 4.78 is 0. The number of nitrogens with zero attached hydrogens (tertiary/aromatic N) is 3. The highest BCUT2D eigenvalue weighted by Gasteiger charge is 2.32. The summed E-state index contributed by atoms with van der Waals surface area (Å²) in [6.45, 7) is 2.25. The predicted molar refractivity (Wildman–Crippen MR) is 95.8 cm³/mol. The third-order valence-corrected chi connectivity index (χ3v) is 4.23. The molecule has 6 heteroatoms. The Morgan fingerprint density at radius 2 is 2.04 bits per heavy atom. The molecule has 1 saturated carbocycles. The van der Waals surface area contributed by atoms with Crippen LogP contribution in [0.4, 0.5) is 5.82 Å². The number of hydrogen-bond donors (Lipinski definition) is 2. The quantitative estimate of drug-likeness (QED) is 0.726. The molecule has 24 heavy (non-hydrogen) atoms. The summed E-state index contributed by atoms with van der Waals surface area (Å²) in [5.41, 5.74) is 0.908. The van der Waals surface area contributed by atoms with E-state index in [1.807, 2.05) is 38.4 Å². The van der Waals surface area contributed by atoms with Crippen LogP contribution >= 0.6 is 0 Å². The van der Waals surface area contributed by atoms with Crippen LogP contribution in [0.15, 0.2) is 24.3 Å². The SMILES string of the molecule is CNCCCNc1nc(CN(C)C(=O)C2CC2)nc2ccccc12. The highest BCUT2D eigenvalue weighted by Crippen LogP contribution is 2.31. The van der Waals surface area contributed by atoms with Crippen molar-refractivity contribution in [2.45, 2.75) is 25.8 Å². The molecule has 1 amide bonds. The predicted octanol–water partition coefficient (Wildman–Crippen LogP) is 2.02. The lowest BCUT2D eigenvalue weighted by Crippen LogP contribution is -2.28. The molecule has 1 aromatic carbocycles. The first kappa shape index (κ1) is 16.6. The van der Waals surface area contributed by atoms with Gasteiger partial charge in [0.25, 0.3) is 0 Å². The van der Waals surface area contributed by atoms with Crippen LogP contribution in [-0.4, -0.2) is 48.0 Å². The van der Waals surface area contributed by atoms with Crippen LogP contribution in [0.5, 0.6) is 0 Å². The van der Waals surface area contributed by atoms with Gasteiger partial charge in [-0.05, 0) is 45.0 Å². The first-order chi connectivity index (χ1) is 11.7. The van der Waals surface area contributed by atoms with E-state index in [0.29, 0.717) is 12.4 Å². The van der Waals surface area contributed by atoms with Crippen molar-refractivity contribution < 1.29 is 4.79 Å². The molecule has 1 fully saturated rings. The molecule has 2 N–H and O–H groups in total. The minimum Gasteiger partial charge on any atom is -0.369 e. The maximum Gasteiger partial charge on any atom is 0.225 e. The summed E-state index contributed by atoms with van der Waals surface area (Å²) in [5, 5.41) is 7.56. The zero-order chi connectivity index (χ0) is 16.9. The first-order valence-corrected chi connectivity index (χ1v) is 8.58. The van der Waals surface area contributed by atoms with Gasteiger partial charge in [-0.1, -0.05) is 12.1 Å². The van der Waals surface area contributed by atoms with Gasteiger partial charge in [-0.25, -0.2) is 9.97 Å². The maximum absolute atomic E-state index is 12.1. The number of carbonyl (C=O) groups is 1. The molecular weight excluding hydrogens is 302 g/mol. The third kappa shape index (κ3) is 4.00. The summed E-state index contributed by atoms with van der Waals surface area (Å²) in [5.74, 6) is 1.95. The minimum absolute atomic E-state index is 0.204. The second kappa shape index (κ2) is 7.57. The van der Waals surface area contributed by atoms with Gasteiger partial charge >= 0.3 is 0 Å². The summed E-state index contributed by atoms with van der Waals surface area (Å²) in [6, 6.07) is 7.98.